The van der Waals surface area contributed by atoms with Crippen molar-refractivity contribution in [3.05, 3.63) is 57.6 Å². The molecule has 2 aromatic heterocycles. The van der Waals surface area contributed by atoms with Gasteiger partial charge in [0.05, 0.1) is 11.8 Å². The molecule has 0 saturated carbocycles. The van der Waals surface area contributed by atoms with Crippen LogP contribution in [0, 0.1) is 11.3 Å². The highest BCUT2D eigenvalue weighted by molar-refractivity contribution is 7.10. The van der Waals surface area contributed by atoms with Gasteiger partial charge in [-0.1, -0.05) is 23.7 Å². The molecule has 0 fully saturated rings. The molecule has 0 radical (unpaired) electrons. The second kappa shape index (κ2) is 6.32. The van der Waals surface area contributed by atoms with Gasteiger partial charge in [0.2, 0.25) is 5.78 Å². The molecule has 0 N–H and O–H groups in total. The summed E-state index contributed by atoms with van der Waals surface area (Å²) >= 11 is 7.17. The van der Waals surface area contributed by atoms with E-state index in [0.717, 1.165) is 11.3 Å². The third-order valence-corrected chi connectivity index (χ3v) is 4.54. The maximum atomic E-state index is 12.5. The van der Waals surface area contributed by atoms with Crippen molar-refractivity contribution in [1.82, 2.24) is 14.8 Å². The van der Waals surface area contributed by atoms with E-state index >= 15 is 0 Å². The Balaban J connectivity index is 1.92. The molecule has 1 atom stereocenters. The highest BCUT2D eigenvalue weighted by Crippen LogP contribution is 2.29. The van der Waals surface area contributed by atoms with Gasteiger partial charge in [0.15, 0.2) is 5.92 Å². The average Bonchev–Trinajstić information content (AvgIpc) is 3.18. The summed E-state index contributed by atoms with van der Waals surface area (Å²) in [6.45, 7) is 0. The number of aryl methyl sites for hydroxylation is 1. The summed E-state index contributed by atoms with van der Waals surface area (Å²) in [7, 11) is 1.67. The van der Waals surface area contributed by atoms with Crippen LogP contribution in [0.25, 0.3) is 11.3 Å². The van der Waals surface area contributed by atoms with Crippen LogP contribution in [-0.2, 0) is 7.05 Å². The zero-order chi connectivity index (χ0) is 16.4. The lowest BCUT2D eigenvalue weighted by molar-refractivity contribution is 0.0969. The fourth-order valence-electron chi connectivity index (χ4n) is 2.16. The minimum Gasteiger partial charge on any atom is -0.290 e. The Labute approximate surface area is 141 Å². The molecule has 0 unspecified atom stereocenters. The summed E-state index contributed by atoms with van der Waals surface area (Å²) in [5.74, 6) is -1.24. The number of nitrogens with zero attached hydrogens (tertiary/aromatic N) is 4. The molecule has 23 heavy (non-hydrogen) atoms. The summed E-state index contributed by atoms with van der Waals surface area (Å²) in [4.78, 5) is 17.0. The topological polar surface area (TPSA) is 71.6 Å². The van der Waals surface area contributed by atoms with Crippen molar-refractivity contribution in [3.63, 3.8) is 0 Å². The van der Waals surface area contributed by atoms with Crippen molar-refractivity contribution in [2.45, 2.75) is 5.92 Å². The number of halogens is 1. The minimum absolute atomic E-state index is 0.301. The molecular weight excluding hydrogens is 332 g/mol. The van der Waals surface area contributed by atoms with E-state index in [1.54, 1.807) is 25.2 Å². The molecule has 0 aliphatic heterocycles. The molecule has 0 amide bonds. The Morgan fingerprint density at radius 1 is 1.35 bits per heavy atom. The standard InChI is InChI=1S/C16H11ClN4OS/c1-21-14(6-7-19-21)15(22)12(8-18)16-20-13(9-23-16)10-2-4-11(17)5-3-10/h2-7,9,12H,1H3/t12-/m1/s1. The first-order valence-corrected chi connectivity index (χ1v) is 7.99. The van der Waals surface area contributed by atoms with Gasteiger partial charge in [0.1, 0.15) is 10.7 Å². The Morgan fingerprint density at radius 2 is 2.09 bits per heavy atom. The van der Waals surface area contributed by atoms with Crippen molar-refractivity contribution in [3.8, 4) is 17.3 Å². The van der Waals surface area contributed by atoms with Crippen LogP contribution < -0.4 is 0 Å². The van der Waals surface area contributed by atoms with Gasteiger partial charge in [-0.15, -0.1) is 11.3 Å². The van der Waals surface area contributed by atoms with Crippen LogP contribution >= 0.6 is 22.9 Å². The number of hydrogen-bond acceptors (Lipinski definition) is 5. The van der Waals surface area contributed by atoms with Gasteiger partial charge in [0, 0.05) is 29.2 Å². The van der Waals surface area contributed by atoms with Crippen molar-refractivity contribution in [1.29, 1.82) is 5.26 Å². The molecule has 0 aliphatic rings. The van der Waals surface area contributed by atoms with Crippen LogP contribution in [0.5, 0.6) is 0 Å². The Hall–Kier alpha value is -2.49. The van der Waals surface area contributed by atoms with E-state index in [1.165, 1.54) is 22.2 Å². The number of nitriles is 1. The molecular formula is C16H11ClN4OS. The number of Topliss-reactive ketones (excluding diaryl/α,β-unsaturated/α-hetero) is 1. The monoisotopic (exact) mass is 342 g/mol. The molecule has 2 heterocycles. The van der Waals surface area contributed by atoms with Crippen LogP contribution in [0.2, 0.25) is 5.02 Å². The largest absolute Gasteiger partial charge is 0.290 e. The van der Waals surface area contributed by atoms with Crippen molar-refractivity contribution >= 4 is 28.7 Å². The Morgan fingerprint density at radius 3 is 2.70 bits per heavy atom. The first kappa shape index (κ1) is 15.4. The van der Waals surface area contributed by atoms with Gasteiger partial charge < -0.3 is 0 Å². The number of ketones is 1. The van der Waals surface area contributed by atoms with Gasteiger partial charge in [0.25, 0.3) is 0 Å². The molecule has 5 nitrogen and oxygen atoms in total. The second-order valence-electron chi connectivity index (χ2n) is 4.84. The lowest BCUT2D eigenvalue weighted by Gasteiger charge is -2.05. The van der Waals surface area contributed by atoms with Crippen LogP contribution in [0.3, 0.4) is 0 Å². The minimum atomic E-state index is -0.934. The van der Waals surface area contributed by atoms with Crippen LogP contribution in [0.1, 0.15) is 21.4 Å². The SMILES string of the molecule is Cn1nccc1C(=O)[C@@H](C#N)c1nc(-c2ccc(Cl)cc2)cs1. The predicted molar refractivity (Wildman–Crippen MR) is 88.5 cm³/mol. The average molecular weight is 343 g/mol. The second-order valence-corrected chi connectivity index (χ2v) is 6.17. The summed E-state index contributed by atoms with van der Waals surface area (Å²) in [5, 5.41) is 16.3. The molecule has 0 spiro atoms. The summed E-state index contributed by atoms with van der Waals surface area (Å²) in [5.41, 5.74) is 2.00. The Kier molecular flexibility index (Phi) is 4.24. The highest BCUT2D eigenvalue weighted by Gasteiger charge is 2.27. The number of carbonyl (C=O) groups excluding carboxylic acids is 1. The van der Waals surface area contributed by atoms with Gasteiger partial charge >= 0.3 is 0 Å². The predicted octanol–water partition coefficient (Wildman–Crippen LogP) is 3.69. The quantitative estimate of drug-likeness (QED) is 0.678. The van der Waals surface area contributed by atoms with E-state index in [1.807, 2.05) is 23.6 Å². The zero-order valence-corrected chi connectivity index (χ0v) is 13.7. The van der Waals surface area contributed by atoms with Gasteiger partial charge in [-0.05, 0) is 18.2 Å². The Bertz CT molecular complexity index is 891. The lowest BCUT2D eigenvalue weighted by atomic mass is 10.0. The van der Waals surface area contributed by atoms with Crippen molar-refractivity contribution in [2.75, 3.05) is 0 Å². The number of carbonyl (C=O) groups is 1. The normalized spacial score (nSPS) is 11.9. The van der Waals surface area contributed by atoms with Gasteiger partial charge in [-0.25, -0.2) is 4.98 Å². The van der Waals surface area contributed by atoms with Gasteiger partial charge in [-0.2, -0.15) is 10.4 Å². The van der Waals surface area contributed by atoms with Crippen LogP contribution in [0.4, 0.5) is 0 Å². The molecule has 0 bridgehead atoms. The summed E-state index contributed by atoms with van der Waals surface area (Å²) in [6, 6.07) is 10.9. The van der Waals surface area contributed by atoms with E-state index in [4.69, 9.17) is 11.6 Å². The molecule has 0 saturated heterocycles. The van der Waals surface area contributed by atoms with Gasteiger partial charge in [-0.3, -0.25) is 9.48 Å². The number of benzene rings is 1. The number of rotatable bonds is 4. The molecule has 3 rings (SSSR count). The van der Waals surface area contributed by atoms with E-state index in [9.17, 15) is 10.1 Å². The third-order valence-electron chi connectivity index (χ3n) is 3.37. The van der Waals surface area contributed by atoms with E-state index in [2.05, 4.69) is 10.1 Å². The summed E-state index contributed by atoms with van der Waals surface area (Å²) < 4.78 is 1.46. The van der Waals surface area contributed by atoms with Crippen LogP contribution in [0.15, 0.2) is 41.9 Å². The van der Waals surface area contributed by atoms with E-state index < -0.39 is 5.92 Å². The zero-order valence-electron chi connectivity index (χ0n) is 12.1. The fraction of sp³-hybridized carbons (Fsp3) is 0.125. The molecule has 0 aliphatic carbocycles. The maximum absolute atomic E-state index is 12.5. The molecule has 3 aromatic rings. The van der Waals surface area contributed by atoms with Crippen molar-refractivity contribution < 1.29 is 4.79 Å². The third kappa shape index (κ3) is 3.02. The summed E-state index contributed by atoms with van der Waals surface area (Å²) in [6.07, 6.45) is 1.53. The smallest absolute Gasteiger partial charge is 0.204 e. The highest BCUT2D eigenvalue weighted by atomic mass is 35.5. The fourth-order valence-corrected chi connectivity index (χ4v) is 3.16. The van der Waals surface area contributed by atoms with E-state index in [-0.39, 0.29) is 5.78 Å². The molecule has 1 aromatic carbocycles. The first-order valence-electron chi connectivity index (χ1n) is 6.73. The van der Waals surface area contributed by atoms with E-state index in [0.29, 0.717) is 15.7 Å². The van der Waals surface area contributed by atoms with Crippen LogP contribution in [-0.4, -0.2) is 20.5 Å². The van der Waals surface area contributed by atoms with Crippen molar-refractivity contribution in [2.24, 2.45) is 7.05 Å². The maximum Gasteiger partial charge on any atom is 0.204 e. The molecule has 114 valence electrons. The number of thiazole rings is 1. The first-order chi connectivity index (χ1) is 11.1. The number of aromatic nitrogens is 3. The molecule has 7 heteroatoms. The lowest BCUT2D eigenvalue weighted by Crippen LogP contribution is -2.15. The number of hydrogen-bond donors (Lipinski definition) is 0.